The van der Waals surface area contributed by atoms with E-state index in [0.717, 1.165) is 12.8 Å². The maximum Gasteiger partial charge on any atom is 0.310 e. The van der Waals surface area contributed by atoms with E-state index < -0.39 is 0 Å². The third kappa shape index (κ3) is 33.2. The van der Waals surface area contributed by atoms with E-state index in [9.17, 15) is 4.79 Å². The van der Waals surface area contributed by atoms with E-state index >= 15 is 0 Å². The summed E-state index contributed by atoms with van der Waals surface area (Å²) in [6, 6.07) is 0. The molecule has 0 heterocycles. The maximum absolute atomic E-state index is 11.2. The summed E-state index contributed by atoms with van der Waals surface area (Å²) in [6.07, 6.45) is 44.2. The molecule has 0 aliphatic carbocycles. The molecule has 0 aromatic carbocycles. The number of hydrogen-bond donors (Lipinski definition) is 0. The second-order valence-corrected chi connectivity index (χ2v) is 11.7. The average Bonchev–Trinajstić information content (AvgIpc) is 2.90. The third-order valence-electron chi connectivity index (χ3n) is 7.95. The number of carbonyl (C=O) groups excluding carboxylic acids is 1. The van der Waals surface area contributed by atoms with Gasteiger partial charge >= 0.3 is 5.97 Å². The zero-order valence-corrected chi connectivity index (χ0v) is 25.5. The topological polar surface area (TPSA) is 26.3 Å². The summed E-state index contributed by atoms with van der Waals surface area (Å²) in [5.74, 6) is -0.143. The molecule has 0 bridgehead atoms. The number of ether oxygens (including phenoxy) is 1. The highest BCUT2D eigenvalue weighted by Gasteiger charge is 2.00. The zero-order chi connectivity index (χ0) is 26.9. The van der Waals surface area contributed by atoms with Crippen molar-refractivity contribution in [2.24, 2.45) is 0 Å². The first-order chi connectivity index (χ1) is 18.3. The first-order valence-electron chi connectivity index (χ1n) is 17.1. The van der Waals surface area contributed by atoms with Crippen LogP contribution in [0.1, 0.15) is 206 Å². The van der Waals surface area contributed by atoms with Gasteiger partial charge in [-0.1, -0.05) is 200 Å². The van der Waals surface area contributed by atoms with Gasteiger partial charge in [0.2, 0.25) is 0 Å². The number of carbonyl (C=O) groups is 1. The molecule has 0 unspecified atom stereocenters. The molecule has 0 saturated heterocycles. The van der Waals surface area contributed by atoms with Gasteiger partial charge in [-0.2, -0.15) is 0 Å². The van der Waals surface area contributed by atoms with Crippen molar-refractivity contribution in [3.05, 3.63) is 12.8 Å². The molecule has 0 aliphatic heterocycles. The van der Waals surface area contributed by atoms with Crippen LogP contribution in [0.25, 0.3) is 0 Å². The minimum absolute atomic E-state index is 0.143. The predicted molar refractivity (Wildman–Crippen MR) is 165 cm³/mol. The first kappa shape index (κ1) is 36.2. The molecule has 0 rings (SSSR count). The number of esters is 1. The van der Waals surface area contributed by atoms with Crippen molar-refractivity contribution in [1.29, 1.82) is 0 Å². The predicted octanol–water partition coefficient (Wildman–Crippen LogP) is 12.8. The minimum atomic E-state index is -0.143. The van der Waals surface area contributed by atoms with E-state index in [1.54, 1.807) is 0 Å². The van der Waals surface area contributed by atoms with Crippen molar-refractivity contribution < 1.29 is 9.53 Å². The lowest BCUT2D eigenvalue weighted by atomic mass is 10.0. The van der Waals surface area contributed by atoms with E-state index in [1.165, 1.54) is 186 Å². The fraction of sp³-hybridized carbons (Fsp3) is 0.914. The molecule has 0 aliphatic rings. The Hall–Kier alpha value is -0.790. The largest absolute Gasteiger partial charge is 0.435 e. The van der Waals surface area contributed by atoms with E-state index in [0.29, 0.717) is 6.42 Å². The summed E-state index contributed by atoms with van der Waals surface area (Å²) in [5.41, 5.74) is 0. The smallest absolute Gasteiger partial charge is 0.310 e. The second-order valence-electron chi connectivity index (χ2n) is 11.7. The normalized spacial score (nSPS) is 11.2. The molecule has 0 spiro atoms. The highest BCUT2D eigenvalue weighted by Crippen LogP contribution is 2.16. The number of rotatable bonds is 32. The summed E-state index contributed by atoms with van der Waals surface area (Å²) in [6.45, 7) is 5.71. The van der Waals surface area contributed by atoms with Gasteiger partial charge in [-0.3, -0.25) is 4.79 Å². The molecule has 2 heteroatoms. The lowest BCUT2D eigenvalue weighted by Gasteiger charge is -2.04. The van der Waals surface area contributed by atoms with Gasteiger partial charge in [-0.05, 0) is 6.42 Å². The first-order valence-corrected chi connectivity index (χ1v) is 17.1. The van der Waals surface area contributed by atoms with Gasteiger partial charge in [-0.25, -0.2) is 0 Å². The SMILES string of the molecule is C=COC(=O)CCCCCCCCCCCCCCCCCCCCCCCCCCCCCCCC. The fourth-order valence-corrected chi connectivity index (χ4v) is 5.44. The van der Waals surface area contributed by atoms with Crippen LogP contribution in [0.15, 0.2) is 12.8 Å². The Morgan fingerprint density at radius 3 is 0.865 bits per heavy atom. The van der Waals surface area contributed by atoms with Crippen molar-refractivity contribution in [3.8, 4) is 0 Å². The molecule has 0 radical (unpaired) electrons. The van der Waals surface area contributed by atoms with Gasteiger partial charge < -0.3 is 4.74 Å². The van der Waals surface area contributed by atoms with Gasteiger partial charge in [-0.15, -0.1) is 0 Å². The van der Waals surface area contributed by atoms with Crippen LogP contribution < -0.4 is 0 Å². The third-order valence-corrected chi connectivity index (χ3v) is 7.95. The fourth-order valence-electron chi connectivity index (χ4n) is 5.44. The van der Waals surface area contributed by atoms with Gasteiger partial charge in [0.1, 0.15) is 0 Å². The minimum Gasteiger partial charge on any atom is -0.435 e. The maximum atomic E-state index is 11.2. The van der Waals surface area contributed by atoms with Crippen LogP contribution in [0.4, 0.5) is 0 Å². The molecule has 0 aromatic rings. The second kappa shape index (κ2) is 33.2. The van der Waals surface area contributed by atoms with Crippen LogP contribution in [0, 0.1) is 0 Å². The summed E-state index contributed by atoms with van der Waals surface area (Å²) in [4.78, 5) is 11.2. The molecule has 37 heavy (non-hydrogen) atoms. The summed E-state index contributed by atoms with van der Waals surface area (Å²) in [5, 5.41) is 0. The van der Waals surface area contributed by atoms with Crippen molar-refractivity contribution in [2.75, 3.05) is 0 Å². The van der Waals surface area contributed by atoms with Crippen molar-refractivity contribution in [3.63, 3.8) is 0 Å². The van der Waals surface area contributed by atoms with Crippen LogP contribution in [0.5, 0.6) is 0 Å². The van der Waals surface area contributed by atoms with Gasteiger partial charge in [0.15, 0.2) is 0 Å². The quantitative estimate of drug-likeness (QED) is 0.0500. The van der Waals surface area contributed by atoms with Crippen molar-refractivity contribution >= 4 is 5.97 Å². The van der Waals surface area contributed by atoms with Crippen LogP contribution in [-0.2, 0) is 9.53 Å². The molecular weight excluding hydrogens is 452 g/mol. The monoisotopic (exact) mass is 521 g/mol. The Kier molecular flexibility index (Phi) is 32.5. The number of unbranched alkanes of at least 4 members (excludes halogenated alkanes) is 29. The van der Waals surface area contributed by atoms with E-state index in [-0.39, 0.29) is 5.97 Å². The molecule has 0 saturated carbocycles. The molecule has 0 atom stereocenters. The van der Waals surface area contributed by atoms with E-state index in [2.05, 4.69) is 13.5 Å². The summed E-state index contributed by atoms with van der Waals surface area (Å²) >= 11 is 0. The highest BCUT2D eigenvalue weighted by molar-refractivity contribution is 5.69. The van der Waals surface area contributed by atoms with Gasteiger partial charge in [0, 0.05) is 6.42 Å². The Bertz CT molecular complexity index is 445. The standard InChI is InChI=1S/C35H68O2/c1-3-5-6-7-8-9-10-11-12-13-14-15-16-17-18-19-20-21-22-23-24-25-26-27-28-29-30-31-32-33-34-35(36)37-4-2/h4H,2-3,5-34H2,1H3. The zero-order valence-electron chi connectivity index (χ0n) is 25.5. The lowest BCUT2D eigenvalue weighted by molar-refractivity contribution is -0.138. The molecule has 0 amide bonds. The summed E-state index contributed by atoms with van der Waals surface area (Å²) < 4.78 is 4.73. The Morgan fingerprint density at radius 1 is 0.432 bits per heavy atom. The Balaban J connectivity index is 3.04. The molecule has 0 aromatic heterocycles. The molecule has 0 fully saturated rings. The van der Waals surface area contributed by atoms with Crippen molar-refractivity contribution in [1.82, 2.24) is 0 Å². The average molecular weight is 521 g/mol. The Morgan fingerprint density at radius 2 is 0.649 bits per heavy atom. The van der Waals surface area contributed by atoms with E-state index in [4.69, 9.17) is 4.74 Å². The van der Waals surface area contributed by atoms with Gasteiger partial charge in [0.25, 0.3) is 0 Å². The van der Waals surface area contributed by atoms with Gasteiger partial charge in [0.05, 0.1) is 6.26 Å². The molecule has 2 nitrogen and oxygen atoms in total. The molecular formula is C35H68O2. The van der Waals surface area contributed by atoms with Crippen LogP contribution in [0.3, 0.4) is 0 Å². The van der Waals surface area contributed by atoms with Crippen LogP contribution >= 0.6 is 0 Å². The van der Waals surface area contributed by atoms with Crippen molar-refractivity contribution in [2.45, 2.75) is 206 Å². The highest BCUT2D eigenvalue weighted by atomic mass is 16.5. The lowest BCUT2D eigenvalue weighted by Crippen LogP contribution is -1.98. The molecule has 220 valence electrons. The van der Waals surface area contributed by atoms with E-state index in [1.807, 2.05) is 0 Å². The van der Waals surface area contributed by atoms with Crippen LogP contribution in [-0.4, -0.2) is 5.97 Å². The Labute approximate surface area is 234 Å². The summed E-state index contributed by atoms with van der Waals surface area (Å²) in [7, 11) is 0. The van der Waals surface area contributed by atoms with Crippen LogP contribution in [0.2, 0.25) is 0 Å². The molecule has 0 N–H and O–H groups in total. The number of hydrogen-bond acceptors (Lipinski definition) is 2.